The first-order chi connectivity index (χ1) is 8.26. The Balaban J connectivity index is 2.29. The molecule has 1 saturated heterocycles. The van der Waals surface area contributed by atoms with Crippen LogP contribution in [0.5, 0.6) is 0 Å². The summed E-state index contributed by atoms with van der Waals surface area (Å²) < 4.78 is 0. The Morgan fingerprint density at radius 1 is 1.59 bits per heavy atom. The second-order valence-electron chi connectivity index (χ2n) is 4.23. The molecular weight excluding hydrogens is 216 g/mol. The molecule has 1 aliphatic heterocycles. The fourth-order valence-electron chi connectivity index (χ4n) is 2.11. The Bertz CT molecular complexity index is 426. The molecule has 0 radical (unpaired) electrons. The number of piperazine rings is 1. The molecule has 1 fully saturated rings. The lowest BCUT2D eigenvalue weighted by atomic mass is 10.1. The number of rotatable bonds is 2. The van der Waals surface area contributed by atoms with Crippen LogP contribution >= 0.6 is 0 Å². The smallest absolute Gasteiger partial charge is 0.169 e. The minimum absolute atomic E-state index is 0.192. The highest BCUT2D eigenvalue weighted by Gasteiger charge is 2.26. The molecule has 1 aromatic rings. The molecule has 2 heterocycles. The van der Waals surface area contributed by atoms with E-state index in [0.29, 0.717) is 17.9 Å². The number of nitriles is 1. The van der Waals surface area contributed by atoms with Gasteiger partial charge in [0.15, 0.2) is 5.82 Å². The highest BCUT2D eigenvalue weighted by atomic mass is 15.3. The molecule has 17 heavy (non-hydrogen) atoms. The summed E-state index contributed by atoms with van der Waals surface area (Å²) >= 11 is 0. The molecular formula is C11H16N6. The highest BCUT2D eigenvalue weighted by Crippen LogP contribution is 2.20. The fourth-order valence-corrected chi connectivity index (χ4v) is 2.11. The third-order valence-electron chi connectivity index (χ3n) is 3.05. The average molecular weight is 232 g/mol. The number of likely N-dealkylation sites (N-methyl/N-ethyl adjacent to an activating group) is 1. The van der Waals surface area contributed by atoms with Crippen LogP contribution in [0.1, 0.15) is 5.56 Å². The highest BCUT2D eigenvalue weighted by molar-refractivity contribution is 5.53. The van der Waals surface area contributed by atoms with Gasteiger partial charge in [-0.3, -0.25) is 0 Å². The van der Waals surface area contributed by atoms with Gasteiger partial charge in [0.25, 0.3) is 0 Å². The lowest BCUT2D eigenvalue weighted by molar-refractivity contribution is 0.268. The first kappa shape index (κ1) is 11.8. The summed E-state index contributed by atoms with van der Waals surface area (Å²) in [5.41, 5.74) is 6.34. The van der Waals surface area contributed by atoms with Crippen molar-refractivity contribution in [3.8, 4) is 6.07 Å². The number of aromatic nitrogens is 2. The largest absolute Gasteiger partial charge is 0.347 e. The summed E-state index contributed by atoms with van der Waals surface area (Å²) in [6.07, 6.45) is 1.54. The molecule has 0 bridgehead atoms. The van der Waals surface area contributed by atoms with Crippen molar-refractivity contribution in [3.63, 3.8) is 0 Å². The van der Waals surface area contributed by atoms with Gasteiger partial charge in [0.1, 0.15) is 6.07 Å². The number of anilines is 1. The minimum Gasteiger partial charge on any atom is -0.347 e. The van der Waals surface area contributed by atoms with Crippen molar-refractivity contribution >= 4 is 5.82 Å². The topological polar surface area (TPSA) is 82.1 Å². The van der Waals surface area contributed by atoms with Crippen LogP contribution in [-0.2, 0) is 0 Å². The zero-order chi connectivity index (χ0) is 12.3. The Labute approximate surface area is 101 Å². The van der Waals surface area contributed by atoms with Gasteiger partial charge in [-0.05, 0) is 13.1 Å². The van der Waals surface area contributed by atoms with E-state index in [0.717, 1.165) is 19.6 Å². The maximum atomic E-state index is 9.07. The van der Waals surface area contributed by atoms with E-state index >= 15 is 0 Å². The Morgan fingerprint density at radius 3 is 3.12 bits per heavy atom. The quantitative estimate of drug-likeness (QED) is 0.735. The van der Waals surface area contributed by atoms with E-state index in [1.54, 1.807) is 6.07 Å². The second-order valence-corrected chi connectivity index (χ2v) is 4.23. The third-order valence-corrected chi connectivity index (χ3v) is 3.05. The lowest BCUT2D eigenvalue weighted by Crippen LogP contribution is -2.55. The van der Waals surface area contributed by atoms with Crippen molar-refractivity contribution in [2.75, 3.05) is 38.1 Å². The maximum absolute atomic E-state index is 9.07. The van der Waals surface area contributed by atoms with Gasteiger partial charge in [0.05, 0.1) is 17.8 Å². The van der Waals surface area contributed by atoms with Crippen molar-refractivity contribution in [1.82, 2.24) is 15.1 Å². The van der Waals surface area contributed by atoms with Crippen LogP contribution in [0.25, 0.3) is 0 Å². The molecule has 0 amide bonds. The monoisotopic (exact) mass is 232 g/mol. The van der Waals surface area contributed by atoms with Crippen LogP contribution < -0.4 is 10.6 Å². The van der Waals surface area contributed by atoms with Crippen molar-refractivity contribution in [2.45, 2.75) is 6.04 Å². The van der Waals surface area contributed by atoms with Crippen LogP contribution in [-0.4, -0.2) is 54.4 Å². The normalized spacial score (nSPS) is 21.2. The third kappa shape index (κ3) is 2.35. The second kappa shape index (κ2) is 5.08. The predicted molar refractivity (Wildman–Crippen MR) is 64.4 cm³/mol. The number of hydrogen-bond acceptors (Lipinski definition) is 6. The summed E-state index contributed by atoms with van der Waals surface area (Å²) in [6, 6.07) is 4.03. The Morgan fingerprint density at radius 2 is 2.41 bits per heavy atom. The zero-order valence-electron chi connectivity index (χ0n) is 9.87. The summed E-state index contributed by atoms with van der Waals surface area (Å²) in [7, 11) is 2.07. The van der Waals surface area contributed by atoms with E-state index in [4.69, 9.17) is 11.0 Å². The zero-order valence-corrected chi connectivity index (χ0v) is 9.87. The molecule has 2 N–H and O–H groups in total. The Kier molecular flexibility index (Phi) is 3.52. The standard InChI is InChI=1S/C11H16N6/c1-16-4-5-17(10(7-13)8-16)11-9(6-12)2-3-14-15-11/h2-3,10H,4-5,7-8,13H2,1H3. The van der Waals surface area contributed by atoms with Crippen LogP contribution in [0.15, 0.2) is 12.3 Å². The maximum Gasteiger partial charge on any atom is 0.169 e. The number of nitrogens with zero attached hydrogens (tertiary/aromatic N) is 5. The summed E-state index contributed by atoms with van der Waals surface area (Å²) in [5, 5.41) is 17.0. The molecule has 1 atom stereocenters. The van der Waals surface area contributed by atoms with Gasteiger partial charge in [-0.2, -0.15) is 10.4 Å². The molecule has 1 aliphatic rings. The van der Waals surface area contributed by atoms with E-state index in [9.17, 15) is 0 Å². The molecule has 6 nitrogen and oxygen atoms in total. The fraction of sp³-hybridized carbons (Fsp3) is 0.545. The number of nitrogens with two attached hydrogens (primary N) is 1. The lowest BCUT2D eigenvalue weighted by Gasteiger charge is -2.40. The molecule has 0 saturated carbocycles. The SMILES string of the molecule is CN1CCN(c2nnccc2C#N)C(CN)C1. The first-order valence-electron chi connectivity index (χ1n) is 5.63. The van der Waals surface area contributed by atoms with Crippen molar-refractivity contribution in [3.05, 3.63) is 17.8 Å². The van der Waals surface area contributed by atoms with Crippen LogP contribution in [0.2, 0.25) is 0 Å². The van der Waals surface area contributed by atoms with Gasteiger partial charge in [-0.15, -0.1) is 5.10 Å². The van der Waals surface area contributed by atoms with Crippen molar-refractivity contribution in [1.29, 1.82) is 5.26 Å². The van der Waals surface area contributed by atoms with Crippen LogP contribution in [0, 0.1) is 11.3 Å². The summed E-state index contributed by atoms with van der Waals surface area (Å²) in [5.74, 6) is 0.651. The van der Waals surface area contributed by atoms with E-state index in [-0.39, 0.29) is 6.04 Å². The van der Waals surface area contributed by atoms with Gasteiger partial charge < -0.3 is 15.5 Å². The molecule has 1 unspecified atom stereocenters. The predicted octanol–water partition coefficient (Wildman–Crippen LogP) is -0.573. The molecule has 2 rings (SSSR count). The average Bonchev–Trinajstić information content (AvgIpc) is 2.38. The van der Waals surface area contributed by atoms with Crippen molar-refractivity contribution in [2.24, 2.45) is 5.73 Å². The molecule has 90 valence electrons. The van der Waals surface area contributed by atoms with Gasteiger partial charge in [0.2, 0.25) is 0 Å². The van der Waals surface area contributed by atoms with Gasteiger partial charge in [-0.25, -0.2) is 0 Å². The minimum atomic E-state index is 0.192. The molecule has 0 aliphatic carbocycles. The first-order valence-corrected chi connectivity index (χ1v) is 5.63. The molecule has 1 aromatic heterocycles. The van der Waals surface area contributed by atoms with Gasteiger partial charge in [-0.1, -0.05) is 0 Å². The molecule has 6 heteroatoms. The molecule has 0 spiro atoms. The van der Waals surface area contributed by atoms with Crippen LogP contribution in [0.3, 0.4) is 0 Å². The summed E-state index contributed by atoms with van der Waals surface area (Å²) in [6.45, 7) is 3.20. The van der Waals surface area contributed by atoms with Crippen LogP contribution in [0.4, 0.5) is 5.82 Å². The number of hydrogen-bond donors (Lipinski definition) is 1. The van der Waals surface area contributed by atoms with E-state index in [1.807, 2.05) is 0 Å². The summed E-state index contributed by atoms with van der Waals surface area (Å²) in [4.78, 5) is 4.32. The van der Waals surface area contributed by atoms with Crippen molar-refractivity contribution < 1.29 is 0 Å². The molecule has 0 aromatic carbocycles. The van der Waals surface area contributed by atoms with E-state index in [1.165, 1.54) is 6.20 Å². The van der Waals surface area contributed by atoms with E-state index < -0.39 is 0 Å². The van der Waals surface area contributed by atoms with Gasteiger partial charge in [0, 0.05) is 26.2 Å². The Hall–Kier alpha value is -1.71. The van der Waals surface area contributed by atoms with E-state index in [2.05, 4.69) is 33.1 Å². The van der Waals surface area contributed by atoms with Gasteiger partial charge >= 0.3 is 0 Å².